The largest absolute Gasteiger partial charge is 0.508 e. The van der Waals surface area contributed by atoms with E-state index in [0.717, 1.165) is 37.1 Å². The van der Waals surface area contributed by atoms with E-state index in [-0.39, 0.29) is 11.5 Å². The second kappa shape index (κ2) is 4.47. The SMILES string of the molecule is CCN1CCCC2CCc3c(O)cc(O)cc3C21. The van der Waals surface area contributed by atoms with E-state index in [2.05, 4.69) is 11.8 Å². The zero-order chi connectivity index (χ0) is 12.7. The molecule has 2 N–H and O–H groups in total. The highest BCUT2D eigenvalue weighted by molar-refractivity contribution is 5.48. The zero-order valence-electron chi connectivity index (χ0n) is 10.9. The van der Waals surface area contributed by atoms with Gasteiger partial charge in [0.05, 0.1) is 0 Å². The molecule has 1 aromatic carbocycles. The third-order valence-electron chi connectivity index (χ3n) is 4.60. The van der Waals surface area contributed by atoms with Crippen LogP contribution in [0.4, 0.5) is 0 Å². The first-order valence-electron chi connectivity index (χ1n) is 6.99. The number of nitrogens with zero attached hydrogens (tertiary/aromatic N) is 1. The molecule has 3 heteroatoms. The number of phenols is 2. The Morgan fingerprint density at radius 3 is 2.89 bits per heavy atom. The lowest BCUT2D eigenvalue weighted by molar-refractivity contribution is 0.0846. The van der Waals surface area contributed by atoms with Crippen molar-refractivity contribution in [2.45, 2.75) is 38.6 Å². The Morgan fingerprint density at radius 2 is 2.11 bits per heavy atom. The lowest BCUT2D eigenvalue weighted by Gasteiger charge is -2.44. The van der Waals surface area contributed by atoms with Crippen molar-refractivity contribution in [2.24, 2.45) is 5.92 Å². The van der Waals surface area contributed by atoms with E-state index in [1.807, 2.05) is 6.07 Å². The maximum absolute atomic E-state index is 10.0. The van der Waals surface area contributed by atoms with Crippen molar-refractivity contribution in [1.29, 1.82) is 0 Å². The summed E-state index contributed by atoms with van der Waals surface area (Å²) in [5, 5.41) is 19.7. The Kier molecular flexibility index (Phi) is 2.94. The molecule has 2 unspecified atom stereocenters. The summed E-state index contributed by atoms with van der Waals surface area (Å²) < 4.78 is 0. The van der Waals surface area contributed by atoms with E-state index in [4.69, 9.17) is 0 Å². The van der Waals surface area contributed by atoms with Gasteiger partial charge in [-0.05, 0) is 61.9 Å². The fourth-order valence-electron chi connectivity index (χ4n) is 3.79. The molecule has 1 aromatic rings. The highest BCUT2D eigenvalue weighted by Crippen LogP contribution is 2.46. The fourth-order valence-corrected chi connectivity index (χ4v) is 3.79. The van der Waals surface area contributed by atoms with E-state index in [9.17, 15) is 10.2 Å². The second-order valence-electron chi connectivity index (χ2n) is 5.55. The summed E-state index contributed by atoms with van der Waals surface area (Å²) in [5.41, 5.74) is 2.21. The van der Waals surface area contributed by atoms with Gasteiger partial charge in [-0.3, -0.25) is 4.90 Å². The molecule has 18 heavy (non-hydrogen) atoms. The van der Waals surface area contributed by atoms with Crippen LogP contribution < -0.4 is 0 Å². The first-order chi connectivity index (χ1) is 8.70. The molecule has 3 nitrogen and oxygen atoms in total. The predicted octanol–water partition coefficient (Wildman–Crippen LogP) is 2.82. The van der Waals surface area contributed by atoms with Gasteiger partial charge in [0.1, 0.15) is 11.5 Å². The van der Waals surface area contributed by atoms with Crippen molar-refractivity contribution in [2.75, 3.05) is 13.1 Å². The number of aromatic hydroxyl groups is 2. The molecular weight excluding hydrogens is 226 g/mol. The summed E-state index contributed by atoms with van der Waals surface area (Å²) in [4.78, 5) is 2.49. The number of likely N-dealkylation sites (tertiary alicyclic amines) is 1. The molecular formula is C15H21NO2. The van der Waals surface area contributed by atoms with Crippen molar-refractivity contribution >= 4 is 0 Å². The molecule has 2 atom stereocenters. The van der Waals surface area contributed by atoms with E-state index in [1.54, 1.807) is 0 Å². The Morgan fingerprint density at radius 1 is 1.28 bits per heavy atom. The number of benzene rings is 1. The van der Waals surface area contributed by atoms with Crippen LogP contribution in [0.1, 0.15) is 43.4 Å². The lowest BCUT2D eigenvalue weighted by Crippen LogP contribution is -2.41. The van der Waals surface area contributed by atoms with Crippen LogP contribution in [0, 0.1) is 5.92 Å². The smallest absolute Gasteiger partial charge is 0.122 e. The highest BCUT2D eigenvalue weighted by Gasteiger charge is 2.37. The zero-order valence-corrected chi connectivity index (χ0v) is 10.9. The minimum absolute atomic E-state index is 0.188. The van der Waals surface area contributed by atoms with Gasteiger partial charge in [0.2, 0.25) is 0 Å². The van der Waals surface area contributed by atoms with Gasteiger partial charge in [0, 0.05) is 12.1 Å². The molecule has 3 rings (SSSR count). The number of piperidine rings is 1. The van der Waals surface area contributed by atoms with Gasteiger partial charge >= 0.3 is 0 Å². The van der Waals surface area contributed by atoms with E-state index in [1.165, 1.54) is 18.9 Å². The summed E-state index contributed by atoms with van der Waals surface area (Å²) in [6.07, 6.45) is 4.65. The maximum Gasteiger partial charge on any atom is 0.122 e. The number of hydrogen-bond acceptors (Lipinski definition) is 3. The van der Waals surface area contributed by atoms with Crippen molar-refractivity contribution in [3.63, 3.8) is 0 Å². The standard InChI is InChI=1S/C15H21NO2/c1-2-16-7-3-4-10-5-6-12-13(15(10)16)8-11(17)9-14(12)18/h8-10,15,17-18H,2-7H2,1H3. The lowest BCUT2D eigenvalue weighted by atomic mass is 9.74. The minimum Gasteiger partial charge on any atom is -0.508 e. The molecule has 1 heterocycles. The summed E-state index contributed by atoms with van der Waals surface area (Å²) >= 11 is 0. The second-order valence-corrected chi connectivity index (χ2v) is 5.55. The molecule has 1 aliphatic carbocycles. The summed E-state index contributed by atoms with van der Waals surface area (Å²) in [7, 11) is 0. The number of hydrogen-bond donors (Lipinski definition) is 2. The van der Waals surface area contributed by atoms with Gasteiger partial charge in [0.25, 0.3) is 0 Å². The summed E-state index contributed by atoms with van der Waals surface area (Å²) in [6.45, 7) is 4.36. The van der Waals surface area contributed by atoms with Crippen LogP contribution >= 0.6 is 0 Å². The molecule has 0 spiro atoms. The molecule has 0 radical (unpaired) electrons. The molecule has 0 bridgehead atoms. The average Bonchev–Trinajstić information content (AvgIpc) is 2.37. The van der Waals surface area contributed by atoms with Crippen LogP contribution in [0.2, 0.25) is 0 Å². The number of fused-ring (bicyclic) bond motifs is 3. The quantitative estimate of drug-likeness (QED) is 0.802. The van der Waals surface area contributed by atoms with E-state index in [0.29, 0.717) is 12.0 Å². The first kappa shape index (κ1) is 11.8. The van der Waals surface area contributed by atoms with Gasteiger partial charge < -0.3 is 10.2 Å². The maximum atomic E-state index is 10.0. The molecule has 1 aliphatic heterocycles. The van der Waals surface area contributed by atoms with Crippen molar-refractivity contribution in [3.8, 4) is 11.5 Å². The van der Waals surface area contributed by atoms with E-state index < -0.39 is 0 Å². The van der Waals surface area contributed by atoms with Crippen LogP contribution in [0.15, 0.2) is 12.1 Å². The molecule has 1 fully saturated rings. The van der Waals surface area contributed by atoms with Crippen LogP contribution in [0.25, 0.3) is 0 Å². The summed E-state index contributed by atoms with van der Waals surface area (Å²) in [6, 6.07) is 3.73. The third kappa shape index (κ3) is 1.77. The molecule has 0 amide bonds. The van der Waals surface area contributed by atoms with Crippen LogP contribution in [-0.2, 0) is 6.42 Å². The topological polar surface area (TPSA) is 43.7 Å². The average molecular weight is 247 g/mol. The van der Waals surface area contributed by atoms with Crippen molar-refractivity contribution in [3.05, 3.63) is 23.3 Å². The third-order valence-corrected chi connectivity index (χ3v) is 4.60. The van der Waals surface area contributed by atoms with Gasteiger partial charge in [-0.1, -0.05) is 6.92 Å². The predicted molar refractivity (Wildman–Crippen MR) is 70.8 cm³/mol. The van der Waals surface area contributed by atoms with Crippen molar-refractivity contribution < 1.29 is 10.2 Å². The van der Waals surface area contributed by atoms with Crippen LogP contribution in [-0.4, -0.2) is 28.2 Å². The monoisotopic (exact) mass is 247 g/mol. The van der Waals surface area contributed by atoms with Crippen LogP contribution in [0.5, 0.6) is 11.5 Å². The van der Waals surface area contributed by atoms with Crippen LogP contribution in [0.3, 0.4) is 0 Å². The Hall–Kier alpha value is -1.22. The Bertz CT molecular complexity index is 458. The highest BCUT2D eigenvalue weighted by atomic mass is 16.3. The first-order valence-corrected chi connectivity index (χ1v) is 6.99. The molecule has 1 saturated heterocycles. The van der Waals surface area contributed by atoms with Gasteiger partial charge in [-0.15, -0.1) is 0 Å². The summed E-state index contributed by atoms with van der Waals surface area (Å²) in [5.74, 6) is 1.14. The van der Waals surface area contributed by atoms with Gasteiger partial charge in [-0.2, -0.15) is 0 Å². The Balaban J connectivity index is 2.07. The number of rotatable bonds is 1. The fraction of sp³-hybridized carbons (Fsp3) is 0.600. The number of phenolic OH excluding ortho intramolecular Hbond substituents is 2. The van der Waals surface area contributed by atoms with Gasteiger partial charge in [0.15, 0.2) is 0 Å². The normalized spacial score (nSPS) is 27.6. The van der Waals surface area contributed by atoms with Crippen molar-refractivity contribution in [1.82, 2.24) is 4.90 Å². The molecule has 2 aliphatic rings. The minimum atomic E-state index is 0.188. The molecule has 0 saturated carbocycles. The molecule has 0 aromatic heterocycles. The molecule has 98 valence electrons. The Labute approximate surface area is 108 Å². The van der Waals surface area contributed by atoms with Gasteiger partial charge in [-0.25, -0.2) is 0 Å². The van der Waals surface area contributed by atoms with E-state index >= 15 is 0 Å².